The van der Waals surface area contributed by atoms with Gasteiger partial charge in [0, 0.05) is 38.6 Å². The Morgan fingerprint density at radius 3 is 2.37 bits per heavy atom. The van der Waals surface area contributed by atoms with E-state index in [0.717, 1.165) is 18.4 Å². The molecule has 1 aliphatic rings. The number of rotatable bonds is 18. The second kappa shape index (κ2) is 17.0. The summed E-state index contributed by atoms with van der Waals surface area (Å²) in [5.41, 5.74) is 12.1. The van der Waals surface area contributed by atoms with Crippen molar-refractivity contribution in [3.8, 4) is 17.2 Å². The second-order valence-corrected chi connectivity index (χ2v) is 12.2. The SMILES string of the molecule is COCCCOc1cc(C[C@@H](C[C@H](N)[C@@H](O)C[C@H](C(=O)NCC(C)(C)C(N)=O)C(C)C)C(C)C)cc2c1OCO2.Cl. The molecule has 0 spiro atoms. The third-order valence-corrected chi connectivity index (χ3v) is 7.77. The Kier molecular flexibility index (Phi) is 15.2. The van der Waals surface area contributed by atoms with Crippen LogP contribution in [0.15, 0.2) is 12.1 Å². The summed E-state index contributed by atoms with van der Waals surface area (Å²) in [5, 5.41) is 13.9. The number of nitrogens with one attached hydrogen (secondary N) is 1. The molecule has 11 heteroatoms. The van der Waals surface area contributed by atoms with Gasteiger partial charge in [-0.25, -0.2) is 0 Å². The fourth-order valence-corrected chi connectivity index (χ4v) is 4.69. The van der Waals surface area contributed by atoms with Gasteiger partial charge in [0.1, 0.15) is 0 Å². The number of hydrogen-bond donors (Lipinski definition) is 4. The van der Waals surface area contributed by atoms with Crippen LogP contribution in [0.5, 0.6) is 17.2 Å². The van der Waals surface area contributed by atoms with Crippen LogP contribution in [-0.2, 0) is 20.7 Å². The minimum Gasteiger partial charge on any atom is -0.489 e. The van der Waals surface area contributed by atoms with E-state index in [9.17, 15) is 14.7 Å². The molecule has 0 saturated carbocycles. The van der Waals surface area contributed by atoms with Crippen molar-refractivity contribution < 1.29 is 33.6 Å². The third-order valence-electron chi connectivity index (χ3n) is 7.77. The van der Waals surface area contributed by atoms with Crippen molar-refractivity contribution in [1.82, 2.24) is 5.32 Å². The molecule has 1 aromatic carbocycles. The van der Waals surface area contributed by atoms with Crippen molar-refractivity contribution in [2.45, 2.75) is 79.4 Å². The van der Waals surface area contributed by atoms with Crippen LogP contribution >= 0.6 is 12.4 Å². The van der Waals surface area contributed by atoms with Crippen LogP contribution in [0.25, 0.3) is 0 Å². The zero-order chi connectivity index (χ0) is 30.0. The Labute approximate surface area is 251 Å². The first-order valence-corrected chi connectivity index (χ1v) is 14.3. The Bertz CT molecular complexity index is 974. The first-order chi connectivity index (χ1) is 18.8. The zero-order valence-corrected chi connectivity index (χ0v) is 26.6. The van der Waals surface area contributed by atoms with Gasteiger partial charge >= 0.3 is 0 Å². The number of fused-ring (bicyclic) bond motifs is 1. The number of primary amides is 1. The van der Waals surface area contributed by atoms with Crippen LogP contribution in [0, 0.1) is 29.1 Å². The van der Waals surface area contributed by atoms with Crippen molar-refractivity contribution in [3.63, 3.8) is 0 Å². The highest BCUT2D eigenvalue weighted by Gasteiger charge is 2.32. The Hall–Kier alpha value is -2.27. The average molecular weight is 602 g/mol. The zero-order valence-electron chi connectivity index (χ0n) is 25.7. The minimum absolute atomic E-state index is 0. The van der Waals surface area contributed by atoms with Crippen molar-refractivity contribution in [2.24, 2.45) is 40.6 Å². The van der Waals surface area contributed by atoms with Gasteiger partial charge in [-0.1, -0.05) is 27.7 Å². The topological polar surface area (TPSA) is 155 Å². The number of nitrogens with two attached hydrogens (primary N) is 2. The van der Waals surface area contributed by atoms with E-state index >= 15 is 0 Å². The van der Waals surface area contributed by atoms with E-state index in [-0.39, 0.29) is 49.9 Å². The number of aliphatic hydroxyl groups excluding tert-OH is 1. The number of hydrogen-bond acceptors (Lipinski definition) is 8. The summed E-state index contributed by atoms with van der Waals surface area (Å²) in [5.74, 6) is 1.24. The summed E-state index contributed by atoms with van der Waals surface area (Å²) in [4.78, 5) is 24.6. The molecule has 2 amide bonds. The average Bonchev–Trinajstić information content (AvgIpc) is 3.36. The molecule has 41 heavy (non-hydrogen) atoms. The molecule has 10 nitrogen and oxygen atoms in total. The predicted molar refractivity (Wildman–Crippen MR) is 161 cm³/mol. The van der Waals surface area contributed by atoms with Gasteiger partial charge in [0.25, 0.3) is 0 Å². The van der Waals surface area contributed by atoms with E-state index in [0.29, 0.717) is 42.8 Å². The molecule has 2 rings (SSSR count). The molecule has 0 unspecified atom stereocenters. The molecule has 1 heterocycles. The molecule has 0 aromatic heterocycles. The first-order valence-electron chi connectivity index (χ1n) is 14.3. The smallest absolute Gasteiger partial charge is 0.231 e. The van der Waals surface area contributed by atoms with Crippen molar-refractivity contribution in [1.29, 1.82) is 0 Å². The van der Waals surface area contributed by atoms with E-state index in [1.807, 2.05) is 26.0 Å². The van der Waals surface area contributed by atoms with Gasteiger partial charge in [-0.3, -0.25) is 9.59 Å². The summed E-state index contributed by atoms with van der Waals surface area (Å²) >= 11 is 0. The summed E-state index contributed by atoms with van der Waals surface area (Å²) in [7, 11) is 1.66. The van der Waals surface area contributed by atoms with Gasteiger partial charge in [-0.2, -0.15) is 0 Å². The largest absolute Gasteiger partial charge is 0.489 e. The molecular formula is C30H52ClN3O7. The molecule has 0 radical (unpaired) electrons. The molecule has 236 valence electrons. The molecule has 1 aromatic rings. The van der Waals surface area contributed by atoms with Crippen LogP contribution < -0.4 is 31.0 Å². The maximum Gasteiger partial charge on any atom is 0.231 e. The molecule has 0 saturated heterocycles. The maximum absolute atomic E-state index is 13.0. The number of amides is 2. The lowest BCUT2D eigenvalue weighted by Gasteiger charge is -2.30. The van der Waals surface area contributed by atoms with Crippen LogP contribution in [0.3, 0.4) is 0 Å². The Morgan fingerprint density at radius 1 is 1.10 bits per heavy atom. The molecular weight excluding hydrogens is 550 g/mol. The fourth-order valence-electron chi connectivity index (χ4n) is 4.69. The number of ether oxygens (including phenoxy) is 4. The summed E-state index contributed by atoms with van der Waals surface area (Å²) in [6.45, 7) is 12.9. The maximum atomic E-state index is 13.0. The van der Waals surface area contributed by atoms with E-state index in [1.165, 1.54) is 0 Å². The summed E-state index contributed by atoms with van der Waals surface area (Å²) < 4.78 is 22.4. The highest BCUT2D eigenvalue weighted by molar-refractivity contribution is 5.85. The summed E-state index contributed by atoms with van der Waals surface area (Å²) in [6, 6.07) is 3.46. The molecule has 0 aliphatic carbocycles. The number of benzene rings is 1. The normalized spacial score (nSPS) is 15.7. The number of methoxy groups -OCH3 is 1. The highest BCUT2D eigenvalue weighted by atomic mass is 35.5. The molecule has 0 fully saturated rings. The lowest BCUT2D eigenvalue weighted by Crippen LogP contribution is -2.46. The second-order valence-electron chi connectivity index (χ2n) is 12.2. The molecule has 4 atom stereocenters. The molecule has 1 aliphatic heterocycles. The van der Waals surface area contributed by atoms with Gasteiger partial charge in [-0.05, 0) is 68.6 Å². The third kappa shape index (κ3) is 11.1. The Morgan fingerprint density at radius 2 is 1.78 bits per heavy atom. The van der Waals surface area contributed by atoms with Gasteiger partial charge in [0.05, 0.1) is 18.1 Å². The molecule has 6 N–H and O–H groups in total. The van der Waals surface area contributed by atoms with E-state index in [4.69, 9.17) is 30.4 Å². The van der Waals surface area contributed by atoms with Crippen LogP contribution in [-0.4, -0.2) is 62.7 Å². The van der Waals surface area contributed by atoms with Crippen molar-refractivity contribution in [2.75, 3.05) is 33.7 Å². The lowest BCUT2D eigenvalue weighted by molar-refractivity contribution is -0.130. The number of carbonyl (C=O) groups is 2. The van der Waals surface area contributed by atoms with Gasteiger partial charge in [0.2, 0.25) is 24.4 Å². The summed E-state index contributed by atoms with van der Waals surface area (Å²) in [6.07, 6.45) is 1.43. The van der Waals surface area contributed by atoms with Gasteiger partial charge in [-0.15, -0.1) is 12.4 Å². The van der Waals surface area contributed by atoms with Gasteiger partial charge in [0.15, 0.2) is 11.5 Å². The van der Waals surface area contributed by atoms with E-state index in [1.54, 1.807) is 21.0 Å². The first kappa shape index (κ1) is 36.8. The van der Waals surface area contributed by atoms with E-state index in [2.05, 4.69) is 19.2 Å². The predicted octanol–water partition coefficient (Wildman–Crippen LogP) is 3.44. The Balaban J connectivity index is 0.00000840. The molecule has 0 bridgehead atoms. The number of halogens is 1. The van der Waals surface area contributed by atoms with Gasteiger partial charge < -0.3 is 40.8 Å². The monoisotopic (exact) mass is 601 g/mol. The van der Waals surface area contributed by atoms with E-state index < -0.39 is 29.4 Å². The lowest BCUT2D eigenvalue weighted by atomic mass is 9.80. The number of aliphatic hydroxyl groups is 1. The highest BCUT2D eigenvalue weighted by Crippen LogP contribution is 2.43. The van der Waals surface area contributed by atoms with Crippen molar-refractivity contribution >= 4 is 24.2 Å². The minimum atomic E-state index is -0.861. The fraction of sp³-hybridized carbons (Fsp3) is 0.733. The van der Waals surface area contributed by atoms with Crippen LogP contribution in [0.2, 0.25) is 0 Å². The van der Waals surface area contributed by atoms with Crippen LogP contribution in [0.1, 0.15) is 66.4 Å². The van der Waals surface area contributed by atoms with Crippen LogP contribution in [0.4, 0.5) is 0 Å². The quantitative estimate of drug-likeness (QED) is 0.187. The standard InChI is InChI=1S/C30H51N3O7.ClH/c1-18(2)21(11-20-12-25(38-10-8-9-37-7)27-26(13-20)39-17-40-27)14-23(31)24(34)15-22(19(3)4)28(35)33-16-30(5,6)29(32)36;/h12-13,18-19,21-24,34H,8-11,14-17,31H2,1-7H3,(H2,32,36)(H,33,35);1H/t21-,22-,23-,24-;/m0./s1. The number of carbonyl (C=O) groups excluding carboxylic acids is 2. The van der Waals surface area contributed by atoms with Crippen molar-refractivity contribution in [3.05, 3.63) is 17.7 Å².